The summed E-state index contributed by atoms with van der Waals surface area (Å²) in [6, 6.07) is 0. The van der Waals surface area contributed by atoms with E-state index >= 15 is 0 Å². The minimum Gasteiger partial charge on any atom is -0.455 e. The third-order valence-electron chi connectivity index (χ3n) is 5.98. The molecule has 15 heteroatoms. The van der Waals surface area contributed by atoms with Gasteiger partial charge in [-0.3, -0.25) is 24.0 Å². The van der Waals surface area contributed by atoms with Crippen LogP contribution >= 0.6 is 0 Å². The Morgan fingerprint density at radius 2 is 0.915 bits per heavy atom. The third kappa shape index (κ3) is 23.9. The van der Waals surface area contributed by atoms with Crippen molar-refractivity contribution in [3.8, 4) is 0 Å². The Labute approximate surface area is 276 Å². The summed E-state index contributed by atoms with van der Waals surface area (Å²) in [4.78, 5) is 70.4. The summed E-state index contributed by atoms with van der Waals surface area (Å²) >= 11 is 0. The van der Waals surface area contributed by atoms with Gasteiger partial charge in [0, 0.05) is 30.6 Å². The molecule has 266 valence electrons. The third-order valence-corrected chi connectivity index (χ3v) is 5.98. The molecule has 0 rings (SSSR count). The van der Waals surface area contributed by atoms with Crippen molar-refractivity contribution in [1.82, 2.24) is 16.0 Å². The molecule has 47 heavy (non-hydrogen) atoms. The van der Waals surface area contributed by atoms with E-state index in [1.165, 1.54) is 6.92 Å². The van der Waals surface area contributed by atoms with E-state index in [0.29, 0.717) is 17.6 Å². The second-order valence-corrected chi connectivity index (χ2v) is 11.0. The Morgan fingerprint density at radius 1 is 0.574 bits per heavy atom. The fraction of sp³-hybridized carbons (Fsp3) is 0.625. The summed E-state index contributed by atoms with van der Waals surface area (Å²) in [6.07, 6.45) is 0.648. The molecule has 0 aromatic rings. The predicted molar refractivity (Wildman–Crippen MR) is 171 cm³/mol. The lowest BCUT2D eigenvalue weighted by atomic mass is 9.88. The van der Waals surface area contributed by atoms with Crippen LogP contribution in [0.2, 0.25) is 0 Å². The fourth-order valence-corrected chi connectivity index (χ4v) is 3.38. The number of ether oxygens (including phenoxy) is 6. The smallest absolute Gasteiger partial charge is 0.333 e. The highest BCUT2D eigenvalue weighted by molar-refractivity contribution is 5.89. The highest BCUT2D eigenvalue weighted by atomic mass is 16.5. The number of rotatable bonds is 27. The summed E-state index contributed by atoms with van der Waals surface area (Å²) in [5, 5.41) is 7.81. The number of hydrogen-bond donors (Lipinski definition) is 3. The molecule has 0 aromatic heterocycles. The van der Waals surface area contributed by atoms with Crippen LogP contribution in [0.25, 0.3) is 0 Å². The van der Waals surface area contributed by atoms with Crippen molar-refractivity contribution in [2.75, 3.05) is 79.1 Å². The topological polar surface area (TPSA) is 194 Å². The van der Waals surface area contributed by atoms with Crippen molar-refractivity contribution < 1.29 is 57.2 Å². The Bertz CT molecular complexity index is 1040. The molecule has 0 radical (unpaired) electrons. The van der Waals surface area contributed by atoms with Crippen molar-refractivity contribution >= 4 is 35.6 Å². The van der Waals surface area contributed by atoms with Gasteiger partial charge in [0.2, 0.25) is 0 Å². The Hall–Kier alpha value is -4.08. The molecule has 0 saturated carbocycles. The van der Waals surface area contributed by atoms with Gasteiger partial charge in [0.1, 0.15) is 0 Å². The standard InChI is InChI=1S/C32H51N3O12/c1-8-32(22-44-14-11-35-28(38)19-47-31(41)25(6)7,20-42-12-9-33-26(36)17-45-29(39)15-23(2)3)21-43-13-10-34-27(37)18-46-30(40)16-24(4)5/h2,4,6,8-22H2,1,3,5,7H3,(H,33,36)(H,34,37)(H,35,38). The molecule has 3 amide bonds. The minimum atomic E-state index is -0.660. The SMILES string of the molecule is C=C(C)CC(=O)OCC(=O)NCCOCC(CC)(COCCNC(=O)COC(=O)CC(=C)C)COCCNC(=O)COC(=O)C(=C)C. The van der Waals surface area contributed by atoms with Crippen LogP contribution in [0.5, 0.6) is 0 Å². The maximum Gasteiger partial charge on any atom is 0.333 e. The quantitative estimate of drug-likeness (QED) is 0.0369. The van der Waals surface area contributed by atoms with Gasteiger partial charge in [-0.05, 0) is 27.2 Å². The van der Waals surface area contributed by atoms with Crippen molar-refractivity contribution in [1.29, 1.82) is 0 Å². The van der Waals surface area contributed by atoms with E-state index in [-0.39, 0.29) is 77.7 Å². The molecule has 3 N–H and O–H groups in total. The Morgan fingerprint density at radius 3 is 1.21 bits per heavy atom. The van der Waals surface area contributed by atoms with Crippen molar-refractivity contribution in [2.24, 2.45) is 5.41 Å². The van der Waals surface area contributed by atoms with Crippen molar-refractivity contribution in [2.45, 2.75) is 47.0 Å². The van der Waals surface area contributed by atoms with E-state index in [9.17, 15) is 28.8 Å². The van der Waals surface area contributed by atoms with E-state index in [0.717, 1.165) is 0 Å². The first kappa shape index (κ1) is 42.9. The zero-order valence-corrected chi connectivity index (χ0v) is 28.1. The van der Waals surface area contributed by atoms with Gasteiger partial charge in [0.25, 0.3) is 17.7 Å². The van der Waals surface area contributed by atoms with Gasteiger partial charge in [-0.25, -0.2) is 4.79 Å². The number of hydrogen-bond acceptors (Lipinski definition) is 12. The molecule has 0 heterocycles. The first-order valence-corrected chi connectivity index (χ1v) is 15.2. The van der Waals surface area contributed by atoms with Crippen LogP contribution in [0.1, 0.15) is 47.0 Å². The highest BCUT2D eigenvalue weighted by Gasteiger charge is 2.30. The summed E-state index contributed by atoms with van der Waals surface area (Å²) < 4.78 is 32.0. The number of esters is 3. The molecule has 0 saturated heterocycles. The molecule has 0 aliphatic heterocycles. The molecular formula is C32H51N3O12. The Balaban J connectivity index is 4.77. The van der Waals surface area contributed by atoms with Gasteiger partial charge >= 0.3 is 17.9 Å². The van der Waals surface area contributed by atoms with Gasteiger partial charge in [-0.2, -0.15) is 0 Å². The summed E-state index contributed by atoms with van der Waals surface area (Å²) in [5.41, 5.74) is 0.825. The number of carbonyl (C=O) groups excluding carboxylic acids is 6. The zero-order chi connectivity index (χ0) is 35.7. The van der Waals surface area contributed by atoms with Gasteiger partial charge in [-0.15, -0.1) is 0 Å². The molecule has 0 aliphatic rings. The molecule has 0 fully saturated rings. The molecule has 15 nitrogen and oxygen atoms in total. The lowest BCUT2D eigenvalue weighted by Gasteiger charge is -2.32. The number of amides is 3. The molecule has 0 aromatic carbocycles. The fourth-order valence-electron chi connectivity index (χ4n) is 3.38. The summed E-state index contributed by atoms with van der Waals surface area (Å²) in [6.45, 7) is 17.8. The van der Waals surface area contributed by atoms with E-state index in [2.05, 4.69) is 35.7 Å². The molecule has 0 spiro atoms. The van der Waals surface area contributed by atoms with E-state index in [1.54, 1.807) is 13.8 Å². The van der Waals surface area contributed by atoms with Gasteiger partial charge in [0.05, 0.1) is 52.5 Å². The second-order valence-electron chi connectivity index (χ2n) is 11.0. The predicted octanol–water partition coefficient (Wildman–Crippen LogP) is 0.919. The minimum absolute atomic E-state index is 0.0362. The van der Waals surface area contributed by atoms with Crippen LogP contribution in [0.4, 0.5) is 0 Å². The van der Waals surface area contributed by atoms with E-state index in [1.807, 2.05) is 6.92 Å². The normalized spacial score (nSPS) is 10.7. The van der Waals surface area contributed by atoms with Crippen LogP contribution in [0, 0.1) is 5.41 Å². The average molecular weight is 670 g/mol. The zero-order valence-electron chi connectivity index (χ0n) is 28.1. The average Bonchev–Trinajstić information content (AvgIpc) is 2.99. The maximum atomic E-state index is 11.9. The molecule has 0 unspecified atom stereocenters. The molecule has 0 atom stereocenters. The van der Waals surface area contributed by atoms with Crippen LogP contribution in [-0.2, 0) is 57.2 Å². The summed E-state index contributed by atoms with van der Waals surface area (Å²) in [5.74, 6) is -3.17. The molecular weight excluding hydrogens is 618 g/mol. The number of carbonyl (C=O) groups is 6. The molecule has 0 aliphatic carbocycles. The lowest BCUT2D eigenvalue weighted by molar-refractivity contribution is -0.148. The highest BCUT2D eigenvalue weighted by Crippen LogP contribution is 2.24. The first-order valence-electron chi connectivity index (χ1n) is 15.2. The Kier molecular flexibility index (Phi) is 22.9. The van der Waals surface area contributed by atoms with Crippen LogP contribution in [0.3, 0.4) is 0 Å². The van der Waals surface area contributed by atoms with Gasteiger partial charge < -0.3 is 44.4 Å². The van der Waals surface area contributed by atoms with Crippen LogP contribution in [-0.4, -0.2) is 115 Å². The van der Waals surface area contributed by atoms with Gasteiger partial charge in [-0.1, -0.05) is 37.8 Å². The van der Waals surface area contributed by atoms with Crippen LogP contribution < -0.4 is 16.0 Å². The molecule has 0 bridgehead atoms. The van der Waals surface area contributed by atoms with E-state index < -0.39 is 60.9 Å². The second kappa shape index (κ2) is 25.1. The van der Waals surface area contributed by atoms with Crippen molar-refractivity contribution in [3.05, 3.63) is 36.5 Å². The number of nitrogens with one attached hydrogen (secondary N) is 3. The van der Waals surface area contributed by atoms with E-state index in [4.69, 9.17) is 28.4 Å². The van der Waals surface area contributed by atoms with Gasteiger partial charge in [0.15, 0.2) is 19.8 Å². The largest absolute Gasteiger partial charge is 0.455 e. The lowest BCUT2D eigenvalue weighted by Crippen LogP contribution is -2.40. The first-order chi connectivity index (χ1) is 22.2. The maximum absolute atomic E-state index is 11.9. The summed E-state index contributed by atoms with van der Waals surface area (Å²) in [7, 11) is 0. The van der Waals surface area contributed by atoms with Crippen molar-refractivity contribution in [3.63, 3.8) is 0 Å². The monoisotopic (exact) mass is 669 g/mol. The van der Waals surface area contributed by atoms with Crippen LogP contribution in [0.15, 0.2) is 36.5 Å².